The minimum atomic E-state index is -1.40. The third-order valence-corrected chi connectivity index (χ3v) is 4.93. The fourth-order valence-corrected chi connectivity index (χ4v) is 3.77. The molecule has 0 radical (unpaired) electrons. The van der Waals surface area contributed by atoms with Crippen LogP contribution in [0.3, 0.4) is 0 Å². The van der Waals surface area contributed by atoms with Crippen LogP contribution in [0.15, 0.2) is 48.5 Å². The molecule has 2 heterocycles. The number of nitro groups is 1. The molecule has 2 aliphatic rings. The molecule has 2 unspecified atom stereocenters. The molecule has 0 N–H and O–H groups in total. The highest BCUT2D eigenvalue weighted by Gasteiger charge is 2.62. The maximum Gasteiger partial charge on any atom is 0.308 e. The van der Waals surface area contributed by atoms with E-state index in [1.165, 1.54) is 17.0 Å². The Morgan fingerprint density at radius 3 is 2.52 bits per heavy atom. The van der Waals surface area contributed by atoms with Crippen molar-refractivity contribution in [2.75, 3.05) is 11.9 Å². The maximum atomic E-state index is 13.0. The van der Waals surface area contributed by atoms with Gasteiger partial charge in [0.1, 0.15) is 0 Å². The number of nitrogens with zero attached hydrogens (tertiary/aromatic N) is 2. The predicted octanol–water partition coefficient (Wildman–Crippen LogP) is 2.50. The van der Waals surface area contributed by atoms with Gasteiger partial charge >= 0.3 is 5.97 Å². The lowest BCUT2D eigenvalue weighted by Gasteiger charge is -2.28. The maximum absolute atomic E-state index is 13.0. The summed E-state index contributed by atoms with van der Waals surface area (Å²) in [4.78, 5) is 37.0. The highest BCUT2D eigenvalue weighted by Crippen LogP contribution is 2.55. The van der Waals surface area contributed by atoms with E-state index >= 15 is 0 Å². The van der Waals surface area contributed by atoms with Crippen molar-refractivity contribution >= 4 is 23.3 Å². The number of carbonyl (C=O) groups is 2. The fraction of sp³-hybridized carbons (Fsp3) is 0.222. The molecular formula is C18H14N2O5. The van der Waals surface area contributed by atoms with E-state index in [2.05, 4.69) is 0 Å². The number of anilines is 1. The van der Waals surface area contributed by atoms with Crippen LogP contribution in [0.2, 0.25) is 0 Å². The van der Waals surface area contributed by atoms with Crippen molar-refractivity contribution in [1.29, 1.82) is 0 Å². The van der Waals surface area contributed by atoms with Gasteiger partial charge in [-0.05, 0) is 11.6 Å². The lowest BCUT2D eigenvalue weighted by molar-refractivity contribution is -0.384. The first-order valence-corrected chi connectivity index (χ1v) is 7.79. The molecule has 4 rings (SSSR count). The average Bonchev–Trinajstić information content (AvgIpc) is 3.07. The van der Waals surface area contributed by atoms with Gasteiger partial charge in [0.05, 0.1) is 17.0 Å². The van der Waals surface area contributed by atoms with Crippen molar-refractivity contribution in [3.63, 3.8) is 0 Å². The summed E-state index contributed by atoms with van der Waals surface area (Å²) in [5.41, 5.74) is 0.567. The summed E-state index contributed by atoms with van der Waals surface area (Å²) in [6.45, 7) is 0. The molecule has 2 aliphatic heterocycles. The smallest absolute Gasteiger partial charge is 0.308 e. The molecule has 2 atom stereocenters. The second-order valence-corrected chi connectivity index (χ2v) is 6.20. The minimum absolute atomic E-state index is 0.0432. The number of ether oxygens (including phenoxy) is 1. The van der Waals surface area contributed by atoms with Crippen LogP contribution >= 0.6 is 0 Å². The van der Waals surface area contributed by atoms with Crippen molar-refractivity contribution < 1.29 is 19.2 Å². The van der Waals surface area contributed by atoms with Gasteiger partial charge < -0.3 is 9.64 Å². The second kappa shape index (κ2) is 5.14. The van der Waals surface area contributed by atoms with E-state index < -0.39 is 22.4 Å². The molecule has 1 fully saturated rings. The normalized spacial score (nSPS) is 24.5. The summed E-state index contributed by atoms with van der Waals surface area (Å²) in [5, 5.41) is 10.9. The monoisotopic (exact) mass is 338 g/mol. The van der Waals surface area contributed by atoms with Crippen LogP contribution in [0.4, 0.5) is 11.4 Å². The van der Waals surface area contributed by atoms with Gasteiger partial charge in [-0.15, -0.1) is 0 Å². The Labute approximate surface area is 143 Å². The van der Waals surface area contributed by atoms with Gasteiger partial charge in [0.25, 0.3) is 11.6 Å². The first kappa shape index (κ1) is 15.3. The fourth-order valence-electron chi connectivity index (χ4n) is 3.77. The van der Waals surface area contributed by atoms with E-state index in [0.717, 1.165) is 0 Å². The van der Waals surface area contributed by atoms with Crippen molar-refractivity contribution in [1.82, 2.24) is 0 Å². The number of fused-ring (bicyclic) bond motifs is 2. The lowest BCUT2D eigenvalue weighted by Crippen LogP contribution is -2.42. The van der Waals surface area contributed by atoms with Crippen molar-refractivity contribution in [3.8, 4) is 0 Å². The SMILES string of the molecule is CN1C(=O)C2(OC(=O)CC2c2ccc([N+](=O)[O-])cc2)c2ccccc21. The summed E-state index contributed by atoms with van der Waals surface area (Å²) in [6.07, 6.45) is 0.0473. The highest BCUT2D eigenvalue weighted by atomic mass is 16.6. The molecule has 0 aliphatic carbocycles. The van der Waals surface area contributed by atoms with Gasteiger partial charge in [0, 0.05) is 30.7 Å². The van der Waals surface area contributed by atoms with Gasteiger partial charge in [0.15, 0.2) is 0 Å². The second-order valence-electron chi connectivity index (χ2n) is 6.20. The average molecular weight is 338 g/mol. The van der Waals surface area contributed by atoms with Gasteiger partial charge in [0.2, 0.25) is 5.60 Å². The molecule has 7 heteroatoms. The van der Waals surface area contributed by atoms with Crippen LogP contribution in [0.25, 0.3) is 0 Å². The first-order chi connectivity index (χ1) is 11.9. The van der Waals surface area contributed by atoms with Crippen LogP contribution in [0, 0.1) is 10.1 Å². The number of esters is 1. The van der Waals surface area contributed by atoms with Gasteiger partial charge in [-0.25, -0.2) is 0 Å². The zero-order valence-electron chi connectivity index (χ0n) is 13.3. The number of benzene rings is 2. The first-order valence-electron chi connectivity index (χ1n) is 7.79. The molecule has 25 heavy (non-hydrogen) atoms. The molecule has 0 aromatic heterocycles. The van der Waals surface area contributed by atoms with Crippen molar-refractivity contribution in [2.45, 2.75) is 17.9 Å². The lowest BCUT2D eigenvalue weighted by atomic mass is 9.78. The standard InChI is InChI=1S/C18H14N2O5/c1-19-15-5-3-2-4-13(15)18(17(19)22)14(10-16(21)25-18)11-6-8-12(9-7-11)20(23)24/h2-9,14H,10H2,1H3. The number of hydrogen-bond acceptors (Lipinski definition) is 5. The highest BCUT2D eigenvalue weighted by molar-refractivity contribution is 6.09. The van der Waals surface area contributed by atoms with Gasteiger partial charge in [-0.1, -0.05) is 30.3 Å². The summed E-state index contributed by atoms with van der Waals surface area (Å²) in [7, 11) is 1.65. The molecule has 7 nitrogen and oxygen atoms in total. The largest absolute Gasteiger partial charge is 0.443 e. The number of nitro benzene ring substituents is 1. The molecule has 1 amide bonds. The third kappa shape index (κ3) is 1.98. The Hall–Kier alpha value is -3.22. The van der Waals surface area contributed by atoms with Crippen LogP contribution in [0.5, 0.6) is 0 Å². The minimum Gasteiger partial charge on any atom is -0.443 e. The van der Waals surface area contributed by atoms with E-state index in [4.69, 9.17) is 4.74 Å². The van der Waals surface area contributed by atoms with Crippen molar-refractivity contribution in [2.24, 2.45) is 0 Å². The zero-order chi connectivity index (χ0) is 17.8. The van der Waals surface area contributed by atoms with E-state index in [1.807, 2.05) is 6.07 Å². The zero-order valence-corrected chi connectivity index (χ0v) is 13.3. The number of amides is 1. The van der Waals surface area contributed by atoms with Crippen LogP contribution in [-0.4, -0.2) is 23.8 Å². The van der Waals surface area contributed by atoms with E-state index in [-0.39, 0.29) is 18.0 Å². The number of hydrogen-bond donors (Lipinski definition) is 0. The van der Waals surface area contributed by atoms with Crippen molar-refractivity contribution in [3.05, 3.63) is 69.8 Å². The number of non-ortho nitro benzene ring substituents is 1. The molecule has 2 aromatic rings. The third-order valence-electron chi connectivity index (χ3n) is 4.93. The predicted molar refractivity (Wildman–Crippen MR) is 88.1 cm³/mol. The molecule has 1 spiro atoms. The molecule has 126 valence electrons. The molecular weight excluding hydrogens is 324 g/mol. The molecule has 0 bridgehead atoms. The van der Waals surface area contributed by atoms with E-state index in [9.17, 15) is 19.7 Å². The molecule has 0 saturated carbocycles. The molecule has 1 saturated heterocycles. The Kier molecular flexibility index (Phi) is 3.15. The Morgan fingerprint density at radius 2 is 1.84 bits per heavy atom. The molecule has 2 aromatic carbocycles. The summed E-state index contributed by atoms with van der Waals surface area (Å²) < 4.78 is 5.60. The van der Waals surface area contributed by atoms with Gasteiger partial charge in [-0.3, -0.25) is 19.7 Å². The number of para-hydroxylation sites is 1. The Bertz CT molecular complexity index is 908. The van der Waals surface area contributed by atoms with Crippen LogP contribution in [-0.2, 0) is 19.9 Å². The Balaban J connectivity index is 1.87. The number of carbonyl (C=O) groups excluding carboxylic acids is 2. The quantitative estimate of drug-likeness (QED) is 0.477. The van der Waals surface area contributed by atoms with E-state index in [0.29, 0.717) is 16.8 Å². The van der Waals surface area contributed by atoms with Gasteiger partial charge in [-0.2, -0.15) is 0 Å². The number of likely N-dealkylation sites (N-methyl/N-ethyl adjacent to an activating group) is 1. The van der Waals surface area contributed by atoms with Crippen LogP contribution in [0.1, 0.15) is 23.5 Å². The summed E-state index contributed by atoms with van der Waals surface area (Å²) >= 11 is 0. The summed E-state index contributed by atoms with van der Waals surface area (Å²) in [5.74, 6) is -1.29. The summed E-state index contributed by atoms with van der Waals surface area (Å²) in [6, 6.07) is 13.1. The Morgan fingerprint density at radius 1 is 1.16 bits per heavy atom. The number of rotatable bonds is 2. The van der Waals surface area contributed by atoms with E-state index in [1.54, 1.807) is 37.4 Å². The topological polar surface area (TPSA) is 89.8 Å². The van der Waals surface area contributed by atoms with Crippen LogP contribution < -0.4 is 4.90 Å².